The summed E-state index contributed by atoms with van der Waals surface area (Å²) in [6.07, 6.45) is 0.0981. The Balaban J connectivity index is 2.48. The van der Waals surface area contributed by atoms with Crippen molar-refractivity contribution in [1.29, 1.82) is 0 Å². The molecule has 1 aromatic carbocycles. The average Bonchev–Trinajstić information content (AvgIpc) is 2.43. The molecular weight excluding hydrogens is 226 g/mol. The van der Waals surface area contributed by atoms with E-state index in [9.17, 15) is 9.59 Å². The maximum Gasteiger partial charge on any atom is 0.260 e. The van der Waals surface area contributed by atoms with Gasteiger partial charge in [0.25, 0.3) is 5.91 Å². The standard InChI is InChI=1S/C12H10ClNO2/c1-7-5-9(13)3-4-10(7)14-11(15)6-8(2)12(14)16/h3-5H,2,6H2,1H3. The molecule has 4 heteroatoms. The third-order valence-electron chi connectivity index (χ3n) is 2.52. The van der Waals surface area contributed by atoms with Gasteiger partial charge in [-0.05, 0) is 30.7 Å². The summed E-state index contributed by atoms with van der Waals surface area (Å²) in [6, 6.07) is 5.05. The van der Waals surface area contributed by atoms with Crippen molar-refractivity contribution in [3.63, 3.8) is 0 Å². The topological polar surface area (TPSA) is 37.4 Å². The fourth-order valence-electron chi connectivity index (χ4n) is 1.72. The van der Waals surface area contributed by atoms with Crippen LogP contribution in [0.1, 0.15) is 12.0 Å². The molecule has 3 nitrogen and oxygen atoms in total. The molecule has 1 fully saturated rings. The number of halogens is 1. The smallest absolute Gasteiger partial charge is 0.260 e. The van der Waals surface area contributed by atoms with Crippen molar-refractivity contribution in [2.24, 2.45) is 0 Å². The highest BCUT2D eigenvalue weighted by Crippen LogP contribution is 2.29. The lowest BCUT2D eigenvalue weighted by molar-refractivity contribution is -0.120. The number of rotatable bonds is 1. The summed E-state index contributed by atoms with van der Waals surface area (Å²) in [5.41, 5.74) is 1.71. The van der Waals surface area contributed by atoms with Gasteiger partial charge in [0.1, 0.15) is 0 Å². The van der Waals surface area contributed by atoms with Crippen molar-refractivity contribution in [2.45, 2.75) is 13.3 Å². The number of hydrogen-bond acceptors (Lipinski definition) is 2. The lowest BCUT2D eigenvalue weighted by Crippen LogP contribution is -2.29. The van der Waals surface area contributed by atoms with Gasteiger partial charge in [0.2, 0.25) is 5.91 Å². The van der Waals surface area contributed by atoms with E-state index in [2.05, 4.69) is 6.58 Å². The van der Waals surface area contributed by atoms with Crippen LogP contribution in [0.4, 0.5) is 5.69 Å². The summed E-state index contributed by atoms with van der Waals surface area (Å²) in [7, 11) is 0. The summed E-state index contributed by atoms with van der Waals surface area (Å²) < 4.78 is 0. The molecule has 1 aliphatic rings. The van der Waals surface area contributed by atoms with E-state index in [0.717, 1.165) is 10.5 Å². The Hall–Kier alpha value is -1.61. The molecule has 0 aliphatic carbocycles. The van der Waals surface area contributed by atoms with E-state index in [1.54, 1.807) is 18.2 Å². The molecule has 1 saturated heterocycles. The van der Waals surface area contributed by atoms with E-state index in [4.69, 9.17) is 11.6 Å². The van der Waals surface area contributed by atoms with Crippen LogP contribution < -0.4 is 4.90 Å². The van der Waals surface area contributed by atoms with Crippen LogP contribution >= 0.6 is 11.6 Å². The third-order valence-corrected chi connectivity index (χ3v) is 2.75. The van der Waals surface area contributed by atoms with Crippen molar-refractivity contribution in [2.75, 3.05) is 4.90 Å². The zero-order valence-corrected chi connectivity index (χ0v) is 9.54. The second-order valence-corrected chi connectivity index (χ2v) is 4.18. The molecular formula is C12H10ClNO2. The van der Waals surface area contributed by atoms with E-state index in [1.807, 2.05) is 6.92 Å². The van der Waals surface area contributed by atoms with Crippen molar-refractivity contribution in [3.05, 3.63) is 40.9 Å². The molecule has 1 aromatic rings. The molecule has 0 spiro atoms. The van der Waals surface area contributed by atoms with E-state index < -0.39 is 0 Å². The number of nitrogens with zero attached hydrogens (tertiary/aromatic N) is 1. The Morgan fingerprint density at radius 1 is 1.38 bits per heavy atom. The first kappa shape index (κ1) is 10.9. The molecule has 0 unspecified atom stereocenters. The fraction of sp³-hybridized carbons (Fsp3) is 0.167. The zero-order chi connectivity index (χ0) is 11.9. The number of anilines is 1. The zero-order valence-electron chi connectivity index (χ0n) is 8.79. The first-order valence-electron chi connectivity index (χ1n) is 4.82. The SMILES string of the molecule is C=C1CC(=O)N(c2ccc(Cl)cc2C)C1=O. The number of benzene rings is 1. The molecule has 0 N–H and O–H groups in total. The van der Waals surface area contributed by atoms with Crippen molar-refractivity contribution < 1.29 is 9.59 Å². The largest absolute Gasteiger partial charge is 0.274 e. The van der Waals surface area contributed by atoms with E-state index in [0.29, 0.717) is 16.3 Å². The molecule has 0 bridgehead atoms. The van der Waals surface area contributed by atoms with Crippen LogP contribution in [0.25, 0.3) is 0 Å². The first-order valence-corrected chi connectivity index (χ1v) is 5.19. The van der Waals surface area contributed by atoms with Crippen LogP contribution in [0, 0.1) is 6.92 Å². The predicted octanol–water partition coefficient (Wildman–Crippen LogP) is 2.47. The molecule has 0 radical (unpaired) electrons. The Morgan fingerprint density at radius 2 is 2.06 bits per heavy atom. The average molecular weight is 236 g/mol. The Labute approximate surface area is 98.3 Å². The van der Waals surface area contributed by atoms with E-state index >= 15 is 0 Å². The minimum Gasteiger partial charge on any atom is -0.274 e. The van der Waals surface area contributed by atoms with Crippen LogP contribution in [-0.2, 0) is 9.59 Å². The molecule has 0 saturated carbocycles. The first-order chi connectivity index (χ1) is 7.50. The highest BCUT2D eigenvalue weighted by molar-refractivity contribution is 6.31. The molecule has 82 valence electrons. The van der Waals surface area contributed by atoms with Crippen molar-refractivity contribution >= 4 is 29.1 Å². The van der Waals surface area contributed by atoms with Crippen LogP contribution in [0.5, 0.6) is 0 Å². The summed E-state index contributed by atoms with van der Waals surface area (Å²) in [5, 5.41) is 0.583. The molecule has 2 amide bonds. The maximum atomic E-state index is 11.7. The third kappa shape index (κ3) is 1.63. The lowest BCUT2D eigenvalue weighted by Gasteiger charge is -2.16. The Kier molecular flexibility index (Phi) is 2.56. The van der Waals surface area contributed by atoms with Gasteiger partial charge in [0, 0.05) is 10.6 Å². The van der Waals surface area contributed by atoms with Crippen molar-refractivity contribution in [1.82, 2.24) is 0 Å². The molecule has 0 aromatic heterocycles. The highest BCUT2D eigenvalue weighted by Gasteiger charge is 2.34. The van der Waals surface area contributed by atoms with Gasteiger partial charge in [-0.1, -0.05) is 18.2 Å². The van der Waals surface area contributed by atoms with Crippen LogP contribution in [-0.4, -0.2) is 11.8 Å². The van der Waals surface area contributed by atoms with Crippen LogP contribution in [0.2, 0.25) is 5.02 Å². The van der Waals surface area contributed by atoms with Crippen LogP contribution in [0.3, 0.4) is 0 Å². The number of carbonyl (C=O) groups is 2. The molecule has 1 aliphatic heterocycles. The Morgan fingerprint density at radius 3 is 2.56 bits per heavy atom. The van der Waals surface area contributed by atoms with Gasteiger partial charge in [-0.15, -0.1) is 0 Å². The Bertz CT molecular complexity index is 508. The fourth-order valence-corrected chi connectivity index (χ4v) is 1.95. The van der Waals surface area contributed by atoms with Gasteiger partial charge >= 0.3 is 0 Å². The van der Waals surface area contributed by atoms with E-state index in [1.165, 1.54) is 0 Å². The summed E-state index contributed by atoms with van der Waals surface area (Å²) in [6.45, 7) is 5.38. The number of carbonyl (C=O) groups excluding carboxylic acids is 2. The van der Waals surface area contributed by atoms with Gasteiger partial charge in [-0.3, -0.25) is 9.59 Å². The number of imide groups is 1. The summed E-state index contributed by atoms with van der Waals surface area (Å²) in [4.78, 5) is 24.5. The normalized spacial score (nSPS) is 16.1. The molecule has 2 rings (SSSR count). The summed E-state index contributed by atoms with van der Waals surface area (Å²) in [5.74, 6) is -0.559. The maximum absolute atomic E-state index is 11.7. The van der Waals surface area contributed by atoms with E-state index in [-0.39, 0.29) is 18.2 Å². The summed E-state index contributed by atoms with van der Waals surface area (Å²) >= 11 is 5.82. The highest BCUT2D eigenvalue weighted by atomic mass is 35.5. The monoisotopic (exact) mass is 235 g/mol. The van der Waals surface area contributed by atoms with Gasteiger partial charge in [-0.25, -0.2) is 4.90 Å². The second kappa shape index (κ2) is 3.76. The predicted molar refractivity (Wildman–Crippen MR) is 62.4 cm³/mol. The minimum atomic E-state index is -0.324. The van der Waals surface area contributed by atoms with Gasteiger partial charge < -0.3 is 0 Å². The minimum absolute atomic E-state index is 0.0981. The quantitative estimate of drug-likeness (QED) is 0.554. The number of amides is 2. The molecule has 1 heterocycles. The number of hydrogen-bond donors (Lipinski definition) is 0. The van der Waals surface area contributed by atoms with Gasteiger partial charge in [-0.2, -0.15) is 0 Å². The van der Waals surface area contributed by atoms with Gasteiger partial charge in [0.15, 0.2) is 0 Å². The second-order valence-electron chi connectivity index (χ2n) is 3.75. The molecule has 16 heavy (non-hydrogen) atoms. The van der Waals surface area contributed by atoms with Crippen molar-refractivity contribution in [3.8, 4) is 0 Å². The molecule has 0 atom stereocenters. The number of aryl methyl sites for hydroxylation is 1. The lowest BCUT2D eigenvalue weighted by atomic mass is 10.2. The van der Waals surface area contributed by atoms with Gasteiger partial charge in [0.05, 0.1) is 12.1 Å². The van der Waals surface area contributed by atoms with Crippen LogP contribution in [0.15, 0.2) is 30.4 Å².